The van der Waals surface area contributed by atoms with Crippen molar-refractivity contribution in [2.24, 2.45) is 17.6 Å². The van der Waals surface area contributed by atoms with E-state index in [9.17, 15) is 29.1 Å². The van der Waals surface area contributed by atoms with E-state index in [1.54, 1.807) is 27.7 Å². The van der Waals surface area contributed by atoms with Crippen molar-refractivity contribution in [3.8, 4) is 0 Å². The molecule has 11 nitrogen and oxygen atoms in total. The zero-order valence-corrected chi connectivity index (χ0v) is 20.0. The molecule has 32 heavy (non-hydrogen) atoms. The summed E-state index contributed by atoms with van der Waals surface area (Å²) in [5, 5.41) is 25.7. The van der Waals surface area contributed by atoms with Gasteiger partial charge in [-0.1, -0.05) is 34.1 Å². The van der Waals surface area contributed by atoms with Crippen LogP contribution in [0.2, 0.25) is 0 Å². The molecule has 0 bridgehead atoms. The number of hydrogen-bond donors (Lipinski definition) is 6. The maximum atomic E-state index is 12.8. The molecule has 0 aromatic heterocycles. The first-order valence-electron chi connectivity index (χ1n) is 10.5. The van der Waals surface area contributed by atoms with Crippen LogP contribution in [0.15, 0.2) is 0 Å². The summed E-state index contributed by atoms with van der Waals surface area (Å²) < 4.78 is 0. The van der Waals surface area contributed by atoms with Crippen LogP contribution < -0.4 is 21.7 Å². The second kappa shape index (κ2) is 14.7. The van der Waals surface area contributed by atoms with Crippen molar-refractivity contribution in [3.05, 3.63) is 0 Å². The second-order valence-corrected chi connectivity index (χ2v) is 8.97. The zero-order chi connectivity index (χ0) is 25.0. The molecule has 0 saturated heterocycles. The van der Waals surface area contributed by atoms with Crippen LogP contribution in [0.4, 0.5) is 0 Å². The maximum absolute atomic E-state index is 12.8. The minimum absolute atomic E-state index is 0.382. The third-order valence-electron chi connectivity index (χ3n) is 5.01. The molecule has 0 saturated carbocycles. The molecular formula is C20H36N4O7S. The first-order chi connectivity index (χ1) is 14.8. The van der Waals surface area contributed by atoms with Crippen molar-refractivity contribution in [1.82, 2.24) is 16.0 Å². The summed E-state index contributed by atoms with van der Waals surface area (Å²) in [6.07, 6.45) is 2.00. The molecule has 5 unspecified atom stereocenters. The largest absolute Gasteiger partial charge is 0.481 e. The number of nitrogens with two attached hydrogens (primary N) is 1. The summed E-state index contributed by atoms with van der Waals surface area (Å²) in [5.74, 6) is -4.98. The summed E-state index contributed by atoms with van der Waals surface area (Å²) in [4.78, 5) is 60.5. The van der Waals surface area contributed by atoms with Crippen LogP contribution in [0.25, 0.3) is 0 Å². The van der Waals surface area contributed by atoms with E-state index < -0.39 is 66.2 Å². The molecule has 0 rings (SSSR count). The molecule has 0 heterocycles. The highest BCUT2D eigenvalue weighted by atomic mass is 32.2. The van der Waals surface area contributed by atoms with Gasteiger partial charge >= 0.3 is 11.9 Å². The summed E-state index contributed by atoms with van der Waals surface area (Å²) in [7, 11) is 0. The number of carbonyl (C=O) groups is 5. The molecule has 0 aliphatic carbocycles. The molecule has 3 amide bonds. The van der Waals surface area contributed by atoms with Crippen molar-refractivity contribution < 1.29 is 34.2 Å². The van der Waals surface area contributed by atoms with Gasteiger partial charge < -0.3 is 31.9 Å². The van der Waals surface area contributed by atoms with Crippen LogP contribution >= 0.6 is 11.8 Å². The minimum Gasteiger partial charge on any atom is -0.481 e. The third-order valence-corrected chi connectivity index (χ3v) is 5.65. The Labute approximate surface area is 192 Å². The van der Waals surface area contributed by atoms with E-state index >= 15 is 0 Å². The summed E-state index contributed by atoms with van der Waals surface area (Å²) >= 11 is 1.53. The molecule has 0 spiro atoms. The fraction of sp³-hybridized carbons (Fsp3) is 0.750. The van der Waals surface area contributed by atoms with E-state index in [1.165, 1.54) is 11.8 Å². The Bertz CT molecular complexity index is 674. The van der Waals surface area contributed by atoms with Crippen LogP contribution in [0, 0.1) is 11.8 Å². The predicted molar refractivity (Wildman–Crippen MR) is 121 cm³/mol. The molecule has 184 valence electrons. The lowest BCUT2D eigenvalue weighted by molar-refractivity contribution is -0.144. The number of carbonyl (C=O) groups excluding carboxylic acids is 3. The summed E-state index contributed by atoms with van der Waals surface area (Å²) in [6.45, 7) is 6.73. The lowest BCUT2D eigenvalue weighted by Gasteiger charge is -2.27. The third kappa shape index (κ3) is 10.3. The van der Waals surface area contributed by atoms with E-state index in [0.29, 0.717) is 18.6 Å². The molecule has 12 heteroatoms. The van der Waals surface area contributed by atoms with Gasteiger partial charge in [-0.25, -0.2) is 4.79 Å². The first kappa shape index (κ1) is 29.7. The number of amides is 3. The highest BCUT2D eigenvalue weighted by molar-refractivity contribution is 7.98. The van der Waals surface area contributed by atoms with Crippen LogP contribution in [-0.2, 0) is 24.0 Å². The van der Waals surface area contributed by atoms with Gasteiger partial charge in [0, 0.05) is 0 Å². The Hall–Kier alpha value is -2.34. The lowest BCUT2D eigenvalue weighted by atomic mass is 9.98. The van der Waals surface area contributed by atoms with Crippen molar-refractivity contribution in [2.75, 3.05) is 12.0 Å². The van der Waals surface area contributed by atoms with Gasteiger partial charge in [-0.05, 0) is 30.3 Å². The fourth-order valence-electron chi connectivity index (χ4n) is 2.75. The lowest BCUT2D eigenvalue weighted by Crippen LogP contribution is -2.59. The topological polar surface area (TPSA) is 188 Å². The molecule has 0 aliphatic rings. The van der Waals surface area contributed by atoms with Crippen molar-refractivity contribution >= 4 is 41.4 Å². The van der Waals surface area contributed by atoms with E-state index in [1.807, 2.05) is 6.26 Å². The van der Waals surface area contributed by atoms with Crippen molar-refractivity contribution in [3.63, 3.8) is 0 Å². The molecule has 7 N–H and O–H groups in total. The average Bonchev–Trinajstić information content (AvgIpc) is 2.71. The number of aliphatic carboxylic acids is 2. The normalized spacial score (nSPS) is 15.7. The van der Waals surface area contributed by atoms with Gasteiger partial charge in [-0.15, -0.1) is 0 Å². The second-order valence-electron chi connectivity index (χ2n) is 7.99. The number of thioether (sulfide) groups is 1. The van der Waals surface area contributed by atoms with Crippen LogP contribution in [0.3, 0.4) is 0 Å². The quantitative estimate of drug-likeness (QED) is 0.186. The smallest absolute Gasteiger partial charge is 0.326 e. The Morgan fingerprint density at radius 3 is 1.91 bits per heavy atom. The Morgan fingerprint density at radius 1 is 0.906 bits per heavy atom. The zero-order valence-electron chi connectivity index (χ0n) is 19.2. The molecule has 5 atom stereocenters. The fourth-order valence-corrected chi connectivity index (χ4v) is 3.24. The Balaban J connectivity index is 5.45. The van der Waals surface area contributed by atoms with Crippen molar-refractivity contribution in [1.29, 1.82) is 0 Å². The van der Waals surface area contributed by atoms with Gasteiger partial charge in [0.1, 0.15) is 18.1 Å². The molecule has 0 aromatic rings. The van der Waals surface area contributed by atoms with E-state index in [2.05, 4.69) is 16.0 Å². The Morgan fingerprint density at radius 2 is 1.47 bits per heavy atom. The van der Waals surface area contributed by atoms with Gasteiger partial charge in [-0.2, -0.15) is 11.8 Å². The summed E-state index contributed by atoms with van der Waals surface area (Å²) in [6, 6.07) is -4.64. The Kier molecular flexibility index (Phi) is 13.6. The van der Waals surface area contributed by atoms with Crippen LogP contribution in [0.5, 0.6) is 0 Å². The van der Waals surface area contributed by atoms with Crippen LogP contribution in [-0.4, -0.2) is 76.0 Å². The van der Waals surface area contributed by atoms with Crippen LogP contribution in [0.1, 0.15) is 47.0 Å². The minimum atomic E-state index is -1.52. The molecule has 0 fully saturated rings. The highest BCUT2D eigenvalue weighted by Crippen LogP contribution is 2.10. The number of hydrogen-bond acceptors (Lipinski definition) is 7. The van der Waals surface area contributed by atoms with Gasteiger partial charge in [-0.3, -0.25) is 19.2 Å². The number of nitrogens with one attached hydrogen (secondary N) is 3. The monoisotopic (exact) mass is 476 g/mol. The van der Waals surface area contributed by atoms with E-state index in [4.69, 9.17) is 10.8 Å². The van der Waals surface area contributed by atoms with Gasteiger partial charge in [0.2, 0.25) is 17.7 Å². The summed E-state index contributed by atoms with van der Waals surface area (Å²) in [5.41, 5.74) is 5.84. The molecule has 0 aliphatic heterocycles. The van der Waals surface area contributed by atoms with Gasteiger partial charge in [0.15, 0.2) is 0 Å². The first-order valence-corrected chi connectivity index (χ1v) is 11.8. The molecule has 0 radical (unpaired) electrons. The molecular weight excluding hydrogens is 440 g/mol. The highest BCUT2D eigenvalue weighted by Gasteiger charge is 2.33. The average molecular weight is 477 g/mol. The number of carboxylic acids is 2. The molecule has 0 aromatic carbocycles. The maximum Gasteiger partial charge on any atom is 0.326 e. The van der Waals surface area contributed by atoms with Gasteiger partial charge in [0.25, 0.3) is 0 Å². The predicted octanol–water partition coefficient (Wildman–Crippen LogP) is -0.217. The van der Waals surface area contributed by atoms with Crippen molar-refractivity contribution in [2.45, 2.75) is 71.1 Å². The van der Waals surface area contributed by atoms with E-state index in [0.717, 1.165) is 0 Å². The number of rotatable bonds is 15. The standard InChI is InChI=1S/C20H36N4O7S/c1-6-11(4)16(20(30)31)24-18(28)13(9-14(25)26)22-19(29)15(10(2)3)23-17(27)12(21)7-8-32-5/h10-13,15-16H,6-9,21H2,1-5H3,(H,22,29)(H,23,27)(H,24,28)(H,25,26)(H,30,31). The van der Waals surface area contributed by atoms with E-state index in [-0.39, 0.29) is 5.92 Å². The SMILES string of the molecule is CCC(C)C(NC(=O)C(CC(=O)O)NC(=O)C(NC(=O)C(N)CCSC)C(C)C)C(=O)O. The number of carboxylic acid groups (broad SMARTS) is 2. The van der Waals surface area contributed by atoms with Gasteiger partial charge in [0.05, 0.1) is 12.5 Å².